The highest BCUT2D eigenvalue weighted by atomic mass is 16.1. The van der Waals surface area contributed by atoms with Crippen LogP contribution in [0.1, 0.15) is 40.4 Å². The van der Waals surface area contributed by atoms with Crippen molar-refractivity contribution in [3.63, 3.8) is 0 Å². The van der Waals surface area contributed by atoms with Gasteiger partial charge in [-0.1, -0.05) is 55.8 Å². The molecule has 0 N–H and O–H groups in total. The van der Waals surface area contributed by atoms with E-state index in [9.17, 15) is 4.79 Å². The van der Waals surface area contributed by atoms with Gasteiger partial charge >= 0.3 is 0 Å². The van der Waals surface area contributed by atoms with Crippen LogP contribution in [0.3, 0.4) is 0 Å². The van der Waals surface area contributed by atoms with Crippen molar-refractivity contribution in [1.82, 2.24) is 0 Å². The van der Waals surface area contributed by atoms with E-state index in [0.717, 1.165) is 18.4 Å². The van der Waals surface area contributed by atoms with Crippen LogP contribution >= 0.6 is 0 Å². The first-order chi connectivity index (χ1) is 10.2. The van der Waals surface area contributed by atoms with Gasteiger partial charge in [-0.15, -0.1) is 0 Å². The van der Waals surface area contributed by atoms with Crippen LogP contribution in [0, 0.1) is 11.3 Å². The van der Waals surface area contributed by atoms with Crippen molar-refractivity contribution in [2.45, 2.75) is 19.8 Å². The lowest BCUT2D eigenvalue weighted by Crippen LogP contribution is -1.94. The highest BCUT2D eigenvalue weighted by Crippen LogP contribution is 2.10. The summed E-state index contributed by atoms with van der Waals surface area (Å²) in [5, 5.41) is 8.73. The first-order valence-corrected chi connectivity index (χ1v) is 7.04. The second kappa shape index (κ2) is 7.21. The van der Waals surface area contributed by atoms with Crippen LogP contribution in [0.15, 0.2) is 54.6 Å². The van der Waals surface area contributed by atoms with E-state index in [-0.39, 0.29) is 5.78 Å². The van der Waals surface area contributed by atoms with Gasteiger partial charge in [0.25, 0.3) is 0 Å². The molecule has 104 valence electrons. The molecule has 0 spiro atoms. The number of nitriles is 1. The van der Waals surface area contributed by atoms with Crippen LogP contribution in [0.5, 0.6) is 0 Å². The van der Waals surface area contributed by atoms with Gasteiger partial charge in [-0.2, -0.15) is 5.26 Å². The largest absolute Gasteiger partial charge is 0.289 e. The highest BCUT2D eigenvalue weighted by Gasteiger charge is 2.01. The SMILES string of the molecule is CCCc1ccc(C(=O)C=Cc2ccc(C#N)cc2)cc1. The zero-order valence-corrected chi connectivity index (χ0v) is 12.0. The number of benzene rings is 2. The Balaban J connectivity index is 2.06. The Bertz CT molecular complexity index is 673. The third-order valence-electron chi connectivity index (χ3n) is 3.24. The molecule has 0 amide bonds. The average molecular weight is 275 g/mol. The van der Waals surface area contributed by atoms with Crippen LogP contribution in [0.4, 0.5) is 0 Å². The lowest BCUT2D eigenvalue weighted by atomic mass is 10.0. The van der Waals surface area contributed by atoms with Gasteiger partial charge in [-0.3, -0.25) is 4.79 Å². The van der Waals surface area contributed by atoms with Crippen molar-refractivity contribution in [2.24, 2.45) is 0 Å². The molecule has 2 heteroatoms. The van der Waals surface area contributed by atoms with Crippen molar-refractivity contribution in [2.75, 3.05) is 0 Å². The molecule has 0 atom stereocenters. The molecule has 0 saturated carbocycles. The van der Waals surface area contributed by atoms with Gasteiger partial charge in [0.1, 0.15) is 0 Å². The third-order valence-corrected chi connectivity index (χ3v) is 3.24. The van der Waals surface area contributed by atoms with Crippen LogP contribution in [0.2, 0.25) is 0 Å². The molecule has 21 heavy (non-hydrogen) atoms. The van der Waals surface area contributed by atoms with E-state index < -0.39 is 0 Å². The summed E-state index contributed by atoms with van der Waals surface area (Å²) >= 11 is 0. The first-order valence-electron chi connectivity index (χ1n) is 7.04. The summed E-state index contributed by atoms with van der Waals surface area (Å²) in [5.41, 5.74) is 3.47. The van der Waals surface area contributed by atoms with E-state index in [1.807, 2.05) is 36.4 Å². The minimum Gasteiger partial charge on any atom is -0.289 e. The number of ketones is 1. The number of hydrogen-bond donors (Lipinski definition) is 0. The molecule has 0 aliphatic heterocycles. The van der Waals surface area contributed by atoms with Gasteiger partial charge < -0.3 is 0 Å². The van der Waals surface area contributed by atoms with E-state index >= 15 is 0 Å². The standard InChI is InChI=1S/C19H17NO/c1-2-3-15-8-11-18(12-9-15)19(21)13-10-16-4-6-17(14-20)7-5-16/h4-13H,2-3H2,1H3. The lowest BCUT2D eigenvalue weighted by Gasteiger charge is -2.00. The molecule has 0 aliphatic rings. The molecule has 2 rings (SSSR count). The van der Waals surface area contributed by atoms with Crippen molar-refractivity contribution in [1.29, 1.82) is 5.26 Å². The number of carbonyl (C=O) groups excluding carboxylic acids is 1. The molecule has 0 fully saturated rings. The maximum absolute atomic E-state index is 12.1. The summed E-state index contributed by atoms with van der Waals surface area (Å²) in [4.78, 5) is 12.1. The predicted octanol–water partition coefficient (Wildman–Crippen LogP) is 4.41. The lowest BCUT2D eigenvalue weighted by molar-refractivity contribution is 0.104. The normalized spacial score (nSPS) is 10.5. The van der Waals surface area contributed by atoms with Crippen molar-refractivity contribution < 1.29 is 4.79 Å². The molecule has 0 saturated heterocycles. The van der Waals surface area contributed by atoms with Crippen LogP contribution in [-0.2, 0) is 6.42 Å². The Morgan fingerprint density at radius 3 is 2.33 bits per heavy atom. The average Bonchev–Trinajstić information content (AvgIpc) is 2.54. The minimum absolute atomic E-state index is 0.0117. The summed E-state index contributed by atoms with van der Waals surface area (Å²) < 4.78 is 0. The molecule has 0 radical (unpaired) electrons. The second-order valence-electron chi connectivity index (χ2n) is 4.88. The maximum atomic E-state index is 12.1. The Morgan fingerprint density at radius 2 is 1.76 bits per heavy atom. The summed E-state index contributed by atoms with van der Waals surface area (Å²) in [7, 11) is 0. The van der Waals surface area contributed by atoms with Crippen molar-refractivity contribution in [3.8, 4) is 6.07 Å². The zero-order valence-electron chi connectivity index (χ0n) is 12.0. The monoisotopic (exact) mass is 275 g/mol. The Kier molecular flexibility index (Phi) is 5.06. The van der Waals surface area contributed by atoms with E-state index in [1.54, 1.807) is 24.3 Å². The van der Waals surface area contributed by atoms with Crippen LogP contribution in [0.25, 0.3) is 6.08 Å². The molecule has 2 aromatic rings. The second-order valence-corrected chi connectivity index (χ2v) is 4.88. The maximum Gasteiger partial charge on any atom is 0.185 e. The number of rotatable bonds is 5. The van der Waals surface area contributed by atoms with E-state index in [0.29, 0.717) is 11.1 Å². The summed E-state index contributed by atoms with van der Waals surface area (Å²) in [6.07, 6.45) is 5.47. The van der Waals surface area contributed by atoms with Crippen LogP contribution < -0.4 is 0 Å². The van der Waals surface area contributed by atoms with Gasteiger partial charge in [-0.25, -0.2) is 0 Å². The number of carbonyl (C=O) groups is 1. The Morgan fingerprint density at radius 1 is 1.10 bits per heavy atom. The first kappa shape index (κ1) is 14.7. The Hall–Kier alpha value is -2.66. The minimum atomic E-state index is -0.0117. The van der Waals surface area contributed by atoms with E-state index in [2.05, 4.69) is 13.0 Å². The van der Waals surface area contributed by atoms with Crippen molar-refractivity contribution >= 4 is 11.9 Å². The van der Waals surface area contributed by atoms with Crippen molar-refractivity contribution in [3.05, 3.63) is 76.9 Å². The predicted molar refractivity (Wildman–Crippen MR) is 85.0 cm³/mol. The van der Waals surface area contributed by atoms with Gasteiger partial charge in [0.2, 0.25) is 0 Å². The summed E-state index contributed by atoms with van der Waals surface area (Å²) in [5.74, 6) is -0.0117. The summed E-state index contributed by atoms with van der Waals surface area (Å²) in [6.45, 7) is 2.14. The molecule has 2 nitrogen and oxygen atoms in total. The molecule has 2 aromatic carbocycles. The quantitative estimate of drug-likeness (QED) is 0.599. The highest BCUT2D eigenvalue weighted by molar-refractivity contribution is 6.06. The fourth-order valence-corrected chi connectivity index (χ4v) is 2.06. The number of nitrogens with zero attached hydrogens (tertiary/aromatic N) is 1. The molecule has 0 aromatic heterocycles. The molecular formula is C19H17NO. The topological polar surface area (TPSA) is 40.9 Å². The molecule has 0 bridgehead atoms. The van der Waals surface area contributed by atoms with Gasteiger partial charge in [-0.05, 0) is 35.8 Å². The Labute approximate surface area is 125 Å². The molecule has 0 heterocycles. The van der Waals surface area contributed by atoms with Gasteiger partial charge in [0.15, 0.2) is 5.78 Å². The summed E-state index contributed by atoms with van der Waals surface area (Å²) in [6, 6.07) is 17.0. The number of hydrogen-bond acceptors (Lipinski definition) is 2. The molecule has 0 aliphatic carbocycles. The van der Waals surface area contributed by atoms with E-state index in [4.69, 9.17) is 5.26 Å². The van der Waals surface area contributed by atoms with Gasteiger partial charge in [0.05, 0.1) is 11.6 Å². The zero-order chi connectivity index (χ0) is 15.1. The van der Waals surface area contributed by atoms with E-state index in [1.165, 1.54) is 5.56 Å². The molecule has 0 unspecified atom stereocenters. The smallest absolute Gasteiger partial charge is 0.185 e. The fraction of sp³-hybridized carbons (Fsp3) is 0.158. The molecular weight excluding hydrogens is 258 g/mol. The fourth-order valence-electron chi connectivity index (χ4n) is 2.06. The number of aryl methyl sites for hydroxylation is 1. The third kappa shape index (κ3) is 4.15. The van der Waals surface area contributed by atoms with Crippen LogP contribution in [-0.4, -0.2) is 5.78 Å². The number of allylic oxidation sites excluding steroid dienone is 1. The van der Waals surface area contributed by atoms with Gasteiger partial charge in [0, 0.05) is 5.56 Å².